The molecular weight excluding hydrogens is 234 g/mol. The van der Waals surface area contributed by atoms with E-state index in [4.69, 9.17) is 5.73 Å². The molecule has 0 bridgehead atoms. The van der Waals surface area contributed by atoms with E-state index in [0.717, 1.165) is 6.42 Å². The predicted molar refractivity (Wildman–Crippen MR) is 77.0 cm³/mol. The van der Waals surface area contributed by atoms with Gasteiger partial charge in [0.1, 0.15) is 0 Å². The van der Waals surface area contributed by atoms with Crippen molar-refractivity contribution in [3.8, 4) is 0 Å². The maximum absolute atomic E-state index is 6.18. The Morgan fingerprint density at radius 2 is 2.21 bits per heavy atom. The zero-order valence-electron chi connectivity index (χ0n) is 11.5. The Kier molecular flexibility index (Phi) is 3.15. The van der Waals surface area contributed by atoms with Gasteiger partial charge in [-0.3, -0.25) is 4.68 Å². The largest absolute Gasteiger partial charge is 0.330 e. The molecule has 0 fully saturated rings. The van der Waals surface area contributed by atoms with Crippen LogP contribution in [0.4, 0.5) is 0 Å². The summed E-state index contributed by atoms with van der Waals surface area (Å²) in [6, 6.07) is 8.78. The first-order valence-corrected chi connectivity index (χ1v) is 6.99. The third kappa shape index (κ3) is 2.19. The highest BCUT2D eigenvalue weighted by molar-refractivity contribution is 5.38. The number of hydrogen-bond donors (Lipinski definition) is 1. The molecule has 3 rings (SSSR count). The van der Waals surface area contributed by atoms with Crippen molar-refractivity contribution in [2.75, 3.05) is 6.54 Å². The predicted octanol–water partition coefficient (Wildman–Crippen LogP) is 2.20. The molecule has 3 heteroatoms. The van der Waals surface area contributed by atoms with Crippen molar-refractivity contribution in [3.05, 3.63) is 53.3 Å². The van der Waals surface area contributed by atoms with Gasteiger partial charge in [0.05, 0.1) is 6.20 Å². The lowest BCUT2D eigenvalue weighted by atomic mass is 9.67. The quantitative estimate of drug-likeness (QED) is 0.913. The Bertz CT molecular complexity index is 573. The minimum atomic E-state index is 0.0951. The molecule has 1 aliphatic rings. The fraction of sp³-hybridized carbons (Fsp3) is 0.438. The fourth-order valence-corrected chi connectivity index (χ4v) is 3.43. The van der Waals surface area contributed by atoms with Crippen LogP contribution >= 0.6 is 0 Å². The minimum absolute atomic E-state index is 0.0951. The highest BCUT2D eigenvalue weighted by Gasteiger charge is 2.35. The molecule has 2 N–H and O–H groups in total. The zero-order chi connectivity index (χ0) is 13.3. The fourth-order valence-electron chi connectivity index (χ4n) is 3.43. The molecule has 1 atom stereocenters. The second-order valence-electron chi connectivity index (χ2n) is 5.69. The van der Waals surface area contributed by atoms with Gasteiger partial charge in [-0.1, -0.05) is 24.3 Å². The van der Waals surface area contributed by atoms with Crippen LogP contribution in [0.25, 0.3) is 0 Å². The van der Waals surface area contributed by atoms with Crippen LogP contribution in [0, 0.1) is 0 Å². The molecule has 1 unspecified atom stereocenters. The molecule has 1 aliphatic carbocycles. The maximum Gasteiger partial charge on any atom is 0.0521 e. The zero-order valence-corrected chi connectivity index (χ0v) is 11.5. The van der Waals surface area contributed by atoms with Crippen LogP contribution in [-0.4, -0.2) is 16.3 Å². The molecule has 0 spiro atoms. The number of hydrogen-bond acceptors (Lipinski definition) is 2. The Hall–Kier alpha value is -1.61. The summed E-state index contributed by atoms with van der Waals surface area (Å²) in [7, 11) is 1.97. The van der Waals surface area contributed by atoms with Crippen LogP contribution < -0.4 is 5.73 Å². The highest BCUT2D eigenvalue weighted by Crippen LogP contribution is 2.39. The monoisotopic (exact) mass is 255 g/mol. The number of nitrogens with zero attached hydrogens (tertiary/aromatic N) is 2. The van der Waals surface area contributed by atoms with Crippen molar-refractivity contribution >= 4 is 0 Å². The third-order valence-electron chi connectivity index (χ3n) is 4.38. The first-order chi connectivity index (χ1) is 9.23. The van der Waals surface area contributed by atoms with Gasteiger partial charge in [-0.05, 0) is 42.4 Å². The van der Waals surface area contributed by atoms with Crippen LogP contribution in [0.3, 0.4) is 0 Å². The van der Waals surface area contributed by atoms with Crippen molar-refractivity contribution in [1.29, 1.82) is 0 Å². The summed E-state index contributed by atoms with van der Waals surface area (Å²) in [6.07, 6.45) is 8.66. The molecule has 2 aromatic rings. The van der Waals surface area contributed by atoms with Gasteiger partial charge in [0.15, 0.2) is 0 Å². The van der Waals surface area contributed by atoms with Crippen LogP contribution in [0.1, 0.15) is 29.5 Å². The second-order valence-corrected chi connectivity index (χ2v) is 5.69. The van der Waals surface area contributed by atoms with E-state index in [2.05, 4.69) is 35.6 Å². The van der Waals surface area contributed by atoms with Crippen LogP contribution in [0.15, 0.2) is 36.7 Å². The van der Waals surface area contributed by atoms with E-state index in [9.17, 15) is 0 Å². The molecule has 0 radical (unpaired) electrons. The molecule has 100 valence electrons. The summed E-state index contributed by atoms with van der Waals surface area (Å²) >= 11 is 0. The summed E-state index contributed by atoms with van der Waals surface area (Å²) in [5.41, 5.74) is 10.5. The molecule has 0 aliphatic heterocycles. The van der Waals surface area contributed by atoms with Crippen molar-refractivity contribution in [1.82, 2.24) is 9.78 Å². The van der Waals surface area contributed by atoms with Crippen molar-refractivity contribution in [2.24, 2.45) is 12.8 Å². The van der Waals surface area contributed by atoms with Gasteiger partial charge in [-0.15, -0.1) is 0 Å². The smallest absolute Gasteiger partial charge is 0.0521 e. The van der Waals surface area contributed by atoms with Crippen molar-refractivity contribution in [2.45, 2.75) is 31.1 Å². The van der Waals surface area contributed by atoms with Gasteiger partial charge in [0, 0.05) is 25.2 Å². The van der Waals surface area contributed by atoms with Crippen LogP contribution in [-0.2, 0) is 25.3 Å². The average Bonchev–Trinajstić information content (AvgIpc) is 2.84. The Morgan fingerprint density at radius 1 is 1.37 bits per heavy atom. The number of aryl methyl sites for hydroxylation is 2. The van der Waals surface area contributed by atoms with Gasteiger partial charge < -0.3 is 5.73 Å². The van der Waals surface area contributed by atoms with E-state index in [1.165, 1.54) is 36.0 Å². The molecular formula is C16H21N3. The number of nitrogens with two attached hydrogens (primary N) is 1. The van der Waals surface area contributed by atoms with Gasteiger partial charge in [-0.25, -0.2) is 0 Å². The highest BCUT2D eigenvalue weighted by atomic mass is 15.2. The average molecular weight is 255 g/mol. The van der Waals surface area contributed by atoms with Gasteiger partial charge in [-0.2, -0.15) is 5.10 Å². The summed E-state index contributed by atoms with van der Waals surface area (Å²) in [4.78, 5) is 0. The molecule has 3 nitrogen and oxygen atoms in total. The van der Waals surface area contributed by atoms with Gasteiger partial charge >= 0.3 is 0 Å². The Morgan fingerprint density at radius 3 is 2.95 bits per heavy atom. The van der Waals surface area contributed by atoms with Crippen molar-refractivity contribution < 1.29 is 0 Å². The third-order valence-corrected chi connectivity index (χ3v) is 4.38. The summed E-state index contributed by atoms with van der Waals surface area (Å²) in [5.74, 6) is 0. The van der Waals surface area contributed by atoms with E-state index < -0.39 is 0 Å². The summed E-state index contributed by atoms with van der Waals surface area (Å²) in [5, 5.41) is 4.28. The van der Waals surface area contributed by atoms with E-state index in [1.54, 1.807) is 0 Å². The molecule has 19 heavy (non-hydrogen) atoms. The number of aromatic nitrogens is 2. The SMILES string of the molecule is Cn1cc(CC2(CN)CCCc3ccccc32)cn1. The topological polar surface area (TPSA) is 43.8 Å². The lowest BCUT2D eigenvalue weighted by molar-refractivity contribution is 0.365. The molecule has 1 aromatic carbocycles. The Balaban J connectivity index is 2.00. The van der Waals surface area contributed by atoms with Gasteiger partial charge in [0.2, 0.25) is 0 Å². The van der Waals surface area contributed by atoms with E-state index in [0.29, 0.717) is 6.54 Å². The number of benzene rings is 1. The minimum Gasteiger partial charge on any atom is -0.330 e. The lowest BCUT2D eigenvalue weighted by Crippen LogP contribution is -2.40. The van der Waals surface area contributed by atoms with E-state index >= 15 is 0 Å². The van der Waals surface area contributed by atoms with Crippen molar-refractivity contribution in [3.63, 3.8) is 0 Å². The molecule has 0 saturated heterocycles. The van der Waals surface area contributed by atoms with E-state index in [-0.39, 0.29) is 5.41 Å². The summed E-state index contributed by atoms with van der Waals surface area (Å²) < 4.78 is 1.87. The maximum atomic E-state index is 6.18. The number of rotatable bonds is 3. The number of fused-ring (bicyclic) bond motifs is 1. The Labute approximate surface area is 114 Å². The van der Waals surface area contributed by atoms with Crippen LogP contribution in [0.5, 0.6) is 0 Å². The van der Waals surface area contributed by atoms with Crippen LogP contribution in [0.2, 0.25) is 0 Å². The van der Waals surface area contributed by atoms with Gasteiger partial charge in [0.25, 0.3) is 0 Å². The lowest BCUT2D eigenvalue weighted by Gasteiger charge is -2.38. The summed E-state index contributed by atoms with van der Waals surface area (Å²) in [6.45, 7) is 0.707. The second kappa shape index (κ2) is 4.82. The van der Waals surface area contributed by atoms with E-state index in [1.807, 2.05) is 17.9 Å². The molecule has 1 aromatic heterocycles. The normalized spacial score (nSPS) is 22.2. The molecule has 0 saturated carbocycles. The molecule has 0 amide bonds. The molecule has 1 heterocycles. The first kappa shape index (κ1) is 12.4. The standard InChI is InChI=1S/C16H21N3/c1-19-11-13(10-18-19)9-16(12-17)8-4-6-14-5-2-3-7-15(14)16/h2-3,5,7,10-11H,4,6,8-9,12,17H2,1H3. The first-order valence-electron chi connectivity index (χ1n) is 6.99.